The Labute approximate surface area is 194 Å². The molecule has 0 amide bonds. The second-order valence-electron chi connectivity index (χ2n) is 9.30. The van der Waals surface area contributed by atoms with Crippen LogP contribution in [0.2, 0.25) is 0 Å². The molecule has 0 radical (unpaired) electrons. The average Bonchev–Trinajstić information content (AvgIpc) is 3.16. The highest BCUT2D eigenvalue weighted by Crippen LogP contribution is 2.36. The highest BCUT2D eigenvalue weighted by Gasteiger charge is 2.31. The SMILES string of the molecule is CNC1CC(n2cc(C#N)c3ccc(N4CCN(c5ccc(C(C)=O)cc5)[C@H](C)C4)nc32)C1. The lowest BCUT2D eigenvalue weighted by atomic mass is 9.87. The molecule has 33 heavy (non-hydrogen) atoms. The molecule has 1 saturated carbocycles. The fourth-order valence-electron chi connectivity index (χ4n) is 5.15. The number of Topliss-reactive ketones (excluding diaryl/α,β-unsaturated/α-hetero) is 1. The Morgan fingerprint density at radius 3 is 2.55 bits per heavy atom. The number of pyridine rings is 1. The van der Waals surface area contributed by atoms with E-state index in [0.29, 0.717) is 23.7 Å². The van der Waals surface area contributed by atoms with E-state index in [1.54, 1.807) is 6.92 Å². The van der Waals surface area contributed by atoms with Gasteiger partial charge in [-0.2, -0.15) is 5.26 Å². The van der Waals surface area contributed by atoms with Crippen molar-refractivity contribution < 1.29 is 4.79 Å². The summed E-state index contributed by atoms with van der Waals surface area (Å²) in [7, 11) is 2.00. The second-order valence-corrected chi connectivity index (χ2v) is 9.30. The van der Waals surface area contributed by atoms with Crippen molar-refractivity contribution in [1.29, 1.82) is 5.26 Å². The first-order valence-electron chi connectivity index (χ1n) is 11.7. The van der Waals surface area contributed by atoms with E-state index in [9.17, 15) is 10.1 Å². The van der Waals surface area contributed by atoms with Crippen LogP contribution in [-0.4, -0.2) is 54.1 Å². The van der Waals surface area contributed by atoms with Gasteiger partial charge in [-0.25, -0.2) is 4.98 Å². The number of carbonyl (C=O) groups is 1. The van der Waals surface area contributed by atoms with Gasteiger partial charge in [0, 0.05) is 60.6 Å². The first-order valence-corrected chi connectivity index (χ1v) is 11.7. The number of rotatable bonds is 5. The number of hydrogen-bond acceptors (Lipinski definition) is 6. The zero-order chi connectivity index (χ0) is 23.1. The van der Waals surface area contributed by atoms with E-state index in [-0.39, 0.29) is 5.78 Å². The molecule has 170 valence electrons. The Morgan fingerprint density at radius 2 is 1.91 bits per heavy atom. The summed E-state index contributed by atoms with van der Waals surface area (Å²) in [5.41, 5.74) is 3.50. The summed E-state index contributed by atoms with van der Waals surface area (Å²) in [5, 5.41) is 13.9. The zero-order valence-corrected chi connectivity index (χ0v) is 19.5. The van der Waals surface area contributed by atoms with Gasteiger partial charge in [-0.3, -0.25) is 4.79 Å². The predicted octanol–water partition coefficient (Wildman–Crippen LogP) is 3.75. The predicted molar refractivity (Wildman–Crippen MR) is 131 cm³/mol. The number of piperazine rings is 1. The molecular weight excluding hydrogens is 412 g/mol. The topological polar surface area (TPSA) is 77.2 Å². The quantitative estimate of drug-likeness (QED) is 0.607. The molecule has 1 aromatic carbocycles. The van der Waals surface area contributed by atoms with E-state index >= 15 is 0 Å². The number of nitrogens with zero attached hydrogens (tertiary/aromatic N) is 5. The highest BCUT2D eigenvalue weighted by atomic mass is 16.1. The Morgan fingerprint density at radius 1 is 1.15 bits per heavy atom. The third-order valence-electron chi connectivity index (χ3n) is 7.26. The van der Waals surface area contributed by atoms with Gasteiger partial charge >= 0.3 is 0 Å². The van der Waals surface area contributed by atoms with Crippen molar-refractivity contribution in [2.75, 3.05) is 36.5 Å². The fraction of sp³-hybridized carbons (Fsp3) is 0.423. The molecule has 7 nitrogen and oxygen atoms in total. The third kappa shape index (κ3) is 3.85. The lowest BCUT2D eigenvalue weighted by Gasteiger charge is -2.42. The normalized spacial score (nSPS) is 22.8. The summed E-state index contributed by atoms with van der Waals surface area (Å²) in [6, 6.07) is 15.6. The third-order valence-corrected chi connectivity index (χ3v) is 7.26. The molecule has 3 aromatic rings. The van der Waals surface area contributed by atoms with Crippen LogP contribution in [0.15, 0.2) is 42.6 Å². The monoisotopic (exact) mass is 442 g/mol. The van der Waals surface area contributed by atoms with Gasteiger partial charge in [-0.1, -0.05) is 0 Å². The molecule has 1 atom stereocenters. The van der Waals surface area contributed by atoms with Crippen molar-refractivity contribution in [1.82, 2.24) is 14.9 Å². The van der Waals surface area contributed by atoms with Crippen molar-refractivity contribution in [2.24, 2.45) is 0 Å². The standard InChI is InChI=1S/C26H30N6O/c1-17-15-30(10-11-31(17)22-6-4-19(5-7-22)18(2)33)25-9-8-24-20(14-27)16-32(26(24)29-25)23-12-21(13-23)28-3/h4-9,16-17,21,23,28H,10-13,15H2,1-3H3/t17-,21?,23?/m1/s1. The zero-order valence-electron chi connectivity index (χ0n) is 19.5. The van der Waals surface area contributed by atoms with Crippen LogP contribution in [0, 0.1) is 11.3 Å². The molecule has 1 N–H and O–H groups in total. The van der Waals surface area contributed by atoms with Gasteiger partial charge in [0.05, 0.1) is 5.56 Å². The minimum Gasteiger partial charge on any atom is -0.365 e. The lowest BCUT2D eigenvalue weighted by Crippen LogP contribution is -2.52. The van der Waals surface area contributed by atoms with Gasteiger partial charge in [-0.15, -0.1) is 0 Å². The van der Waals surface area contributed by atoms with E-state index in [0.717, 1.165) is 60.6 Å². The van der Waals surface area contributed by atoms with Gasteiger partial charge < -0.3 is 19.7 Å². The summed E-state index contributed by atoms with van der Waals surface area (Å²) in [6.07, 6.45) is 4.10. The maximum Gasteiger partial charge on any atom is 0.159 e. The summed E-state index contributed by atoms with van der Waals surface area (Å²) < 4.78 is 2.21. The minimum absolute atomic E-state index is 0.0913. The number of hydrogen-bond donors (Lipinski definition) is 1. The van der Waals surface area contributed by atoms with E-state index in [2.05, 4.69) is 44.8 Å². The molecule has 5 rings (SSSR count). The van der Waals surface area contributed by atoms with Crippen molar-refractivity contribution in [3.63, 3.8) is 0 Å². The van der Waals surface area contributed by atoms with Crippen molar-refractivity contribution in [3.05, 3.63) is 53.7 Å². The van der Waals surface area contributed by atoms with Gasteiger partial charge in [0.2, 0.25) is 0 Å². The number of benzene rings is 1. The Bertz CT molecular complexity index is 1220. The van der Waals surface area contributed by atoms with E-state index in [1.807, 2.05) is 37.5 Å². The van der Waals surface area contributed by atoms with Crippen molar-refractivity contribution in [3.8, 4) is 6.07 Å². The number of aromatic nitrogens is 2. The Hall–Kier alpha value is -3.37. The summed E-state index contributed by atoms with van der Waals surface area (Å²) in [5.74, 6) is 1.06. The summed E-state index contributed by atoms with van der Waals surface area (Å²) in [6.45, 7) is 6.45. The van der Waals surface area contributed by atoms with Crippen molar-refractivity contribution >= 4 is 28.3 Å². The van der Waals surface area contributed by atoms with Gasteiger partial charge in [0.1, 0.15) is 17.5 Å². The van der Waals surface area contributed by atoms with Crippen LogP contribution in [0.5, 0.6) is 0 Å². The fourth-order valence-corrected chi connectivity index (χ4v) is 5.15. The number of nitrogens with one attached hydrogen (secondary N) is 1. The molecule has 1 saturated heterocycles. The van der Waals surface area contributed by atoms with E-state index in [1.165, 1.54) is 0 Å². The Kier molecular flexibility index (Phi) is 5.55. The molecule has 1 aliphatic heterocycles. The van der Waals surface area contributed by atoms with Crippen LogP contribution in [0.25, 0.3) is 11.0 Å². The molecule has 7 heteroatoms. The Balaban J connectivity index is 1.36. The molecule has 2 fully saturated rings. The minimum atomic E-state index is 0.0913. The lowest BCUT2D eigenvalue weighted by molar-refractivity contribution is 0.101. The first kappa shape index (κ1) is 21.5. The second kappa shape index (κ2) is 8.53. The van der Waals surface area contributed by atoms with Crippen LogP contribution < -0.4 is 15.1 Å². The molecule has 3 heterocycles. The smallest absolute Gasteiger partial charge is 0.159 e. The molecule has 2 aromatic heterocycles. The summed E-state index contributed by atoms with van der Waals surface area (Å²) in [4.78, 5) is 21.4. The highest BCUT2D eigenvalue weighted by molar-refractivity contribution is 5.94. The van der Waals surface area contributed by atoms with Gasteiger partial charge in [-0.05, 0) is 70.1 Å². The molecular formula is C26H30N6O. The van der Waals surface area contributed by atoms with Gasteiger partial charge in [0.25, 0.3) is 0 Å². The van der Waals surface area contributed by atoms with E-state index < -0.39 is 0 Å². The number of nitriles is 1. The maximum atomic E-state index is 11.6. The van der Waals surface area contributed by atoms with Gasteiger partial charge in [0.15, 0.2) is 5.78 Å². The summed E-state index contributed by atoms with van der Waals surface area (Å²) >= 11 is 0. The maximum absolute atomic E-state index is 11.6. The van der Waals surface area contributed by atoms with Crippen LogP contribution in [0.3, 0.4) is 0 Å². The largest absolute Gasteiger partial charge is 0.365 e. The molecule has 0 spiro atoms. The number of anilines is 2. The molecule has 2 aliphatic rings. The van der Waals surface area contributed by atoms with Crippen LogP contribution in [0.4, 0.5) is 11.5 Å². The van der Waals surface area contributed by atoms with Crippen molar-refractivity contribution in [2.45, 2.75) is 44.8 Å². The number of ketones is 1. The van der Waals surface area contributed by atoms with Crippen LogP contribution in [-0.2, 0) is 0 Å². The average molecular weight is 443 g/mol. The number of carbonyl (C=O) groups excluding carboxylic acids is 1. The molecule has 0 bridgehead atoms. The molecule has 1 aliphatic carbocycles. The van der Waals surface area contributed by atoms with Crippen LogP contribution >= 0.6 is 0 Å². The number of fused-ring (bicyclic) bond motifs is 1. The van der Waals surface area contributed by atoms with Crippen LogP contribution in [0.1, 0.15) is 48.7 Å². The molecule has 0 unspecified atom stereocenters. The van der Waals surface area contributed by atoms with E-state index in [4.69, 9.17) is 4.98 Å². The first-order chi connectivity index (χ1) is 16.0.